The van der Waals surface area contributed by atoms with Gasteiger partial charge in [0, 0.05) is 37.3 Å². The van der Waals surface area contributed by atoms with Gasteiger partial charge in [-0.25, -0.2) is 4.98 Å². The van der Waals surface area contributed by atoms with Crippen LogP contribution in [-0.2, 0) is 4.79 Å². The first-order valence-corrected chi connectivity index (χ1v) is 11.3. The molecular weight excluding hydrogens is 436 g/mol. The lowest BCUT2D eigenvalue weighted by Gasteiger charge is -2.38. The van der Waals surface area contributed by atoms with E-state index in [1.807, 2.05) is 6.07 Å². The number of piperidine rings is 1. The van der Waals surface area contributed by atoms with E-state index in [0.29, 0.717) is 17.0 Å². The molecule has 3 unspecified atom stereocenters. The highest BCUT2D eigenvalue weighted by atomic mass is 16.2. The number of rotatable bonds is 6. The highest BCUT2D eigenvalue weighted by Gasteiger charge is 2.41. The summed E-state index contributed by atoms with van der Waals surface area (Å²) in [7, 11) is 0. The maximum absolute atomic E-state index is 13.0. The minimum Gasteiger partial charge on any atom is -0.366 e. The van der Waals surface area contributed by atoms with Crippen molar-refractivity contribution < 1.29 is 19.2 Å². The monoisotopic (exact) mass is 464 g/mol. The second kappa shape index (κ2) is 9.50. The Morgan fingerprint density at radius 1 is 1.03 bits per heavy atom. The average Bonchev–Trinajstić information content (AvgIpc) is 3.21. The lowest BCUT2D eigenvalue weighted by Crippen LogP contribution is -2.43. The van der Waals surface area contributed by atoms with Crippen molar-refractivity contribution in [3.8, 4) is 0 Å². The summed E-state index contributed by atoms with van der Waals surface area (Å²) in [6, 6.07) is 8.16. The maximum atomic E-state index is 13.0. The Hall–Kier alpha value is -3.95. The van der Waals surface area contributed by atoms with Gasteiger partial charge in [-0.3, -0.25) is 19.2 Å². The first kappa shape index (κ1) is 23.2. The van der Waals surface area contributed by atoms with Crippen LogP contribution in [0.5, 0.6) is 0 Å². The third kappa shape index (κ3) is 4.85. The summed E-state index contributed by atoms with van der Waals surface area (Å²) in [5, 5.41) is 5.66. The molecule has 1 aromatic heterocycles. The van der Waals surface area contributed by atoms with Crippen molar-refractivity contribution in [3.05, 3.63) is 53.2 Å². The van der Waals surface area contributed by atoms with E-state index in [-0.39, 0.29) is 35.1 Å². The molecule has 2 fully saturated rings. The van der Waals surface area contributed by atoms with E-state index in [4.69, 9.17) is 11.5 Å². The number of hydrogen-bond acceptors (Lipinski definition) is 6. The van der Waals surface area contributed by atoms with Gasteiger partial charge in [-0.05, 0) is 61.9 Å². The summed E-state index contributed by atoms with van der Waals surface area (Å²) in [5.41, 5.74) is 11.8. The zero-order valence-corrected chi connectivity index (χ0v) is 18.9. The molecule has 0 bridgehead atoms. The van der Waals surface area contributed by atoms with E-state index in [1.54, 1.807) is 6.07 Å². The van der Waals surface area contributed by atoms with Gasteiger partial charge in [-0.2, -0.15) is 0 Å². The Kier molecular flexibility index (Phi) is 6.49. The minimum atomic E-state index is -0.687. The summed E-state index contributed by atoms with van der Waals surface area (Å²) >= 11 is 0. The van der Waals surface area contributed by atoms with E-state index in [9.17, 15) is 19.2 Å². The molecule has 178 valence electrons. The molecular formula is C24H28N6O4. The van der Waals surface area contributed by atoms with E-state index in [2.05, 4.69) is 20.5 Å². The second-order valence-corrected chi connectivity index (χ2v) is 8.88. The van der Waals surface area contributed by atoms with Crippen LogP contribution in [0.2, 0.25) is 0 Å². The molecule has 10 nitrogen and oxygen atoms in total. The second-order valence-electron chi connectivity index (χ2n) is 8.88. The number of pyridine rings is 1. The van der Waals surface area contributed by atoms with Gasteiger partial charge in [0.25, 0.3) is 11.8 Å². The number of carbonyl (C=O) groups excluding carboxylic acids is 4. The number of hydrogen-bond donors (Lipinski definition) is 4. The fourth-order valence-corrected chi connectivity index (χ4v) is 5.05. The fourth-order valence-electron chi connectivity index (χ4n) is 5.05. The van der Waals surface area contributed by atoms with Crippen molar-refractivity contribution in [2.75, 3.05) is 16.8 Å². The molecule has 0 radical (unpaired) electrons. The molecule has 1 aromatic carbocycles. The smallest absolute Gasteiger partial charge is 0.251 e. The molecule has 4 rings (SSSR count). The van der Waals surface area contributed by atoms with E-state index in [1.165, 1.54) is 31.3 Å². The van der Waals surface area contributed by atoms with Crippen LogP contribution >= 0.6 is 0 Å². The Morgan fingerprint density at radius 2 is 1.79 bits per heavy atom. The van der Waals surface area contributed by atoms with E-state index < -0.39 is 11.8 Å². The number of aromatic nitrogens is 1. The molecule has 6 N–H and O–H groups in total. The number of amides is 4. The van der Waals surface area contributed by atoms with Crippen LogP contribution in [0.4, 0.5) is 11.5 Å². The van der Waals surface area contributed by atoms with Gasteiger partial charge in [0.05, 0.1) is 16.8 Å². The third-order valence-electron chi connectivity index (χ3n) is 6.55. The number of primary amides is 2. The van der Waals surface area contributed by atoms with Crippen molar-refractivity contribution in [2.24, 2.45) is 17.4 Å². The number of nitrogens with two attached hydrogens (primary N) is 2. The van der Waals surface area contributed by atoms with Gasteiger partial charge in [0.1, 0.15) is 5.82 Å². The van der Waals surface area contributed by atoms with Gasteiger partial charge in [0.15, 0.2) is 0 Å². The van der Waals surface area contributed by atoms with Crippen LogP contribution in [0.1, 0.15) is 63.7 Å². The normalized spacial score (nSPS) is 21.4. The molecule has 1 aliphatic carbocycles. The van der Waals surface area contributed by atoms with Crippen LogP contribution in [0.3, 0.4) is 0 Å². The maximum Gasteiger partial charge on any atom is 0.251 e. The van der Waals surface area contributed by atoms with Gasteiger partial charge < -0.3 is 27.0 Å². The zero-order chi connectivity index (χ0) is 24.4. The largest absolute Gasteiger partial charge is 0.366 e. The predicted octanol–water partition coefficient (Wildman–Crippen LogP) is 1.42. The molecule has 2 aromatic rings. The zero-order valence-electron chi connectivity index (χ0n) is 18.9. The predicted molar refractivity (Wildman–Crippen MR) is 126 cm³/mol. The molecule has 3 atom stereocenters. The van der Waals surface area contributed by atoms with E-state index in [0.717, 1.165) is 38.0 Å². The summed E-state index contributed by atoms with van der Waals surface area (Å²) < 4.78 is 0. The Balaban J connectivity index is 1.46. The number of carbonyl (C=O) groups is 4. The molecule has 2 heterocycles. The van der Waals surface area contributed by atoms with Crippen LogP contribution in [0.15, 0.2) is 36.5 Å². The molecule has 1 saturated heterocycles. The standard InChI is InChI=1S/C24H28N6O4/c1-13(31)28-19-10-15(4-6-18(19)23(26)33)24(34)29-17-9-14-3-2-8-30(20(14)11-17)21-7-5-16(12-27-21)22(25)32/h4-7,10,12,14,17,20H,2-3,8-9,11H2,1H3,(H2,25,32)(H2,26,33)(H,28,31)(H,29,34). The van der Waals surface area contributed by atoms with Crippen molar-refractivity contribution >= 4 is 35.1 Å². The summed E-state index contributed by atoms with van der Waals surface area (Å²) in [5.74, 6) is -0.616. The van der Waals surface area contributed by atoms with Crippen molar-refractivity contribution in [1.29, 1.82) is 0 Å². The van der Waals surface area contributed by atoms with Crippen molar-refractivity contribution in [1.82, 2.24) is 10.3 Å². The molecule has 1 aliphatic heterocycles. The van der Waals surface area contributed by atoms with Crippen LogP contribution in [0, 0.1) is 5.92 Å². The SMILES string of the molecule is CC(=O)Nc1cc(C(=O)NC2CC3CCCN(c4ccc(C(N)=O)cn4)C3C2)ccc1C(N)=O. The first-order valence-electron chi connectivity index (χ1n) is 11.3. The van der Waals surface area contributed by atoms with Gasteiger partial charge in [-0.15, -0.1) is 0 Å². The summed E-state index contributed by atoms with van der Waals surface area (Å²) in [6.07, 6.45) is 5.22. The first-order chi connectivity index (χ1) is 16.2. The number of nitrogens with zero attached hydrogens (tertiary/aromatic N) is 2. The molecule has 10 heteroatoms. The number of nitrogens with one attached hydrogen (secondary N) is 2. The average molecular weight is 465 g/mol. The number of fused-ring (bicyclic) bond motifs is 1. The topological polar surface area (TPSA) is 161 Å². The molecule has 4 amide bonds. The molecule has 34 heavy (non-hydrogen) atoms. The van der Waals surface area contributed by atoms with Gasteiger partial charge in [0.2, 0.25) is 11.8 Å². The molecule has 1 saturated carbocycles. The highest BCUT2D eigenvalue weighted by Crippen LogP contribution is 2.39. The van der Waals surface area contributed by atoms with Crippen molar-refractivity contribution in [3.63, 3.8) is 0 Å². The van der Waals surface area contributed by atoms with Gasteiger partial charge >= 0.3 is 0 Å². The Bertz CT molecular complexity index is 1130. The van der Waals surface area contributed by atoms with Crippen LogP contribution < -0.4 is 27.0 Å². The highest BCUT2D eigenvalue weighted by molar-refractivity contribution is 6.05. The summed E-state index contributed by atoms with van der Waals surface area (Å²) in [4.78, 5) is 54.1. The third-order valence-corrected chi connectivity index (χ3v) is 6.55. The van der Waals surface area contributed by atoms with Crippen molar-refractivity contribution in [2.45, 2.75) is 44.7 Å². The van der Waals surface area contributed by atoms with Gasteiger partial charge in [-0.1, -0.05) is 0 Å². The number of benzene rings is 1. The quantitative estimate of drug-likeness (QED) is 0.505. The minimum absolute atomic E-state index is 0.0203. The number of anilines is 2. The summed E-state index contributed by atoms with van der Waals surface area (Å²) in [6.45, 7) is 2.18. The molecule has 2 aliphatic rings. The van der Waals surface area contributed by atoms with E-state index >= 15 is 0 Å². The Morgan fingerprint density at radius 3 is 2.44 bits per heavy atom. The lowest BCUT2D eigenvalue weighted by molar-refractivity contribution is -0.114. The fraction of sp³-hybridized carbons (Fsp3) is 0.375. The Labute approximate surface area is 197 Å². The van der Waals surface area contributed by atoms with Crippen LogP contribution in [-0.4, -0.2) is 47.2 Å². The van der Waals surface area contributed by atoms with Crippen LogP contribution in [0.25, 0.3) is 0 Å². The lowest BCUT2D eigenvalue weighted by atomic mass is 9.92. The molecule has 0 spiro atoms.